The monoisotopic (exact) mass is 186 g/mol. The van der Waals surface area contributed by atoms with Gasteiger partial charge in [-0.1, -0.05) is 0 Å². The van der Waals surface area contributed by atoms with Crippen molar-refractivity contribution in [1.29, 1.82) is 0 Å². The molecule has 0 bridgehead atoms. The quantitative estimate of drug-likeness (QED) is 0.517. The van der Waals surface area contributed by atoms with Gasteiger partial charge in [0.2, 0.25) is 0 Å². The predicted octanol–water partition coefficient (Wildman–Crippen LogP) is -2.49. The molecule has 0 saturated carbocycles. The van der Waals surface area contributed by atoms with E-state index in [1.165, 1.54) is 5.56 Å². The smallest absolute Gasteiger partial charge is 0.169 e. The van der Waals surface area contributed by atoms with Crippen molar-refractivity contribution in [3.05, 3.63) is 30.1 Å². The van der Waals surface area contributed by atoms with Crippen molar-refractivity contribution >= 4 is 0 Å². The molecule has 1 aromatic rings. The molecule has 0 amide bonds. The molecule has 3 heteroatoms. The molecule has 12 heavy (non-hydrogen) atoms. The fourth-order valence-corrected chi connectivity index (χ4v) is 0.922. The lowest BCUT2D eigenvalue weighted by Crippen LogP contribution is -3.00. The zero-order chi connectivity index (χ0) is 8.10. The molecule has 0 aliphatic carbocycles. The summed E-state index contributed by atoms with van der Waals surface area (Å²) >= 11 is 0. The van der Waals surface area contributed by atoms with E-state index in [2.05, 4.69) is 41.3 Å². The third kappa shape index (κ3) is 3.69. The Morgan fingerprint density at radius 1 is 1.33 bits per heavy atom. The normalized spacial score (nSPS) is 9.17. The molecule has 1 N–H and O–H groups in total. The highest BCUT2D eigenvalue weighted by Crippen LogP contribution is 1.88. The molecule has 1 rings (SSSR count). The van der Waals surface area contributed by atoms with Crippen LogP contribution in [0.2, 0.25) is 0 Å². The van der Waals surface area contributed by atoms with Gasteiger partial charge in [-0.15, -0.1) is 0 Å². The molecule has 0 spiro atoms. The molecule has 68 valence electrons. The van der Waals surface area contributed by atoms with Gasteiger partial charge in [-0.3, -0.25) is 0 Å². The van der Waals surface area contributed by atoms with Gasteiger partial charge in [-0.2, -0.15) is 0 Å². The van der Waals surface area contributed by atoms with Crippen LogP contribution in [0.25, 0.3) is 0 Å². The second kappa shape index (κ2) is 5.98. The molecule has 0 aromatic carbocycles. The number of aryl methyl sites for hydroxylation is 1. The fraction of sp³-hybridized carbons (Fsp3) is 0.444. The number of pyridine rings is 1. The van der Waals surface area contributed by atoms with E-state index in [9.17, 15) is 0 Å². The molecule has 0 fully saturated rings. The van der Waals surface area contributed by atoms with Gasteiger partial charge in [0.1, 0.15) is 0 Å². The molecule has 1 aromatic heterocycles. The van der Waals surface area contributed by atoms with Gasteiger partial charge >= 0.3 is 0 Å². The molecular formula is C9H15ClN2. The summed E-state index contributed by atoms with van der Waals surface area (Å²) in [7, 11) is 1.97. The van der Waals surface area contributed by atoms with Gasteiger partial charge < -0.3 is 17.7 Å². The van der Waals surface area contributed by atoms with Crippen LogP contribution >= 0.6 is 0 Å². The molecule has 2 nitrogen and oxygen atoms in total. The summed E-state index contributed by atoms with van der Waals surface area (Å²) in [5.41, 5.74) is 1.31. The Kier molecular flexibility index (Phi) is 5.68. The van der Waals surface area contributed by atoms with E-state index in [-0.39, 0.29) is 12.4 Å². The van der Waals surface area contributed by atoms with Crippen LogP contribution in [0.15, 0.2) is 24.5 Å². The SMILES string of the molecule is CNCC[n+]1ccc(C)cc1.[Cl-]. The van der Waals surface area contributed by atoms with Gasteiger partial charge in [-0.05, 0) is 19.5 Å². The maximum atomic E-state index is 3.11. The van der Waals surface area contributed by atoms with E-state index in [1.54, 1.807) is 0 Å². The van der Waals surface area contributed by atoms with Gasteiger partial charge in [0, 0.05) is 12.1 Å². The maximum absolute atomic E-state index is 3.11. The molecular weight excluding hydrogens is 172 g/mol. The highest BCUT2D eigenvalue weighted by molar-refractivity contribution is 5.03. The average Bonchev–Trinajstić information content (AvgIpc) is 2.04. The van der Waals surface area contributed by atoms with E-state index in [4.69, 9.17) is 0 Å². The van der Waals surface area contributed by atoms with Crippen LogP contribution in [0.3, 0.4) is 0 Å². The van der Waals surface area contributed by atoms with Crippen LogP contribution in [0.4, 0.5) is 0 Å². The Bertz CT molecular complexity index is 208. The number of hydrogen-bond acceptors (Lipinski definition) is 1. The van der Waals surface area contributed by atoms with Crippen molar-refractivity contribution in [1.82, 2.24) is 5.32 Å². The van der Waals surface area contributed by atoms with Crippen LogP contribution in [0.1, 0.15) is 5.56 Å². The van der Waals surface area contributed by atoms with Crippen molar-refractivity contribution in [2.75, 3.05) is 13.6 Å². The number of likely N-dealkylation sites (N-methyl/N-ethyl adjacent to an activating group) is 1. The third-order valence-corrected chi connectivity index (χ3v) is 1.68. The second-order valence-corrected chi connectivity index (χ2v) is 2.72. The number of hydrogen-bond donors (Lipinski definition) is 1. The van der Waals surface area contributed by atoms with E-state index in [1.807, 2.05) is 7.05 Å². The van der Waals surface area contributed by atoms with E-state index in [0.717, 1.165) is 13.1 Å². The lowest BCUT2D eigenvalue weighted by atomic mass is 10.3. The van der Waals surface area contributed by atoms with E-state index >= 15 is 0 Å². The fourth-order valence-electron chi connectivity index (χ4n) is 0.922. The highest BCUT2D eigenvalue weighted by Gasteiger charge is 1.95. The summed E-state index contributed by atoms with van der Waals surface area (Å²) < 4.78 is 2.17. The third-order valence-electron chi connectivity index (χ3n) is 1.68. The van der Waals surface area contributed by atoms with Crippen molar-refractivity contribution in [3.8, 4) is 0 Å². The first kappa shape index (κ1) is 11.4. The topological polar surface area (TPSA) is 15.9 Å². The number of nitrogens with zero attached hydrogens (tertiary/aromatic N) is 1. The standard InChI is InChI=1S/C9H15N2.ClH/c1-9-3-6-11(7-4-9)8-5-10-2;/h3-4,6-7,10H,5,8H2,1-2H3;1H/q+1;/p-1. The number of halogens is 1. The van der Waals surface area contributed by atoms with Gasteiger partial charge in [0.15, 0.2) is 18.9 Å². The number of nitrogens with one attached hydrogen (secondary N) is 1. The Balaban J connectivity index is 0.00000121. The Morgan fingerprint density at radius 3 is 2.42 bits per heavy atom. The lowest BCUT2D eigenvalue weighted by Gasteiger charge is -1.95. The van der Waals surface area contributed by atoms with Crippen LogP contribution in [-0.4, -0.2) is 13.6 Å². The first-order valence-electron chi connectivity index (χ1n) is 3.93. The summed E-state index contributed by atoms with van der Waals surface area (Å²) in [4.78, 5) is 0. The van der Waals surface area contributed by atoms with Crippen LogP contribution in [0, 0.1) is 6.92 Å². The van der Waals surface area contributed by atoms with Crippen LogP contribution < -0.4 is 22.3 Å². The predicted molar refractivity (Wildman–Crippen MR) is 45.3 cm³/mol. The summed E-state index contributed by atoms with van der Waals surface area (Å²) in [6, 6.07) is 4.24. The average molecular weight is 187 g/mol. The molecule has 0 aliphatic heterocycles. The Morgan fingerprint density at radius 2 is 1.92 bits per heavy atom. The lowest BCUT2D eigenvalue weighted by molar-refractivity contribution is -0.695. The first-order valence-corrected chi connectivity index (χ1v) is 3.93. The number of aromatic nitrogens is 1. The van der Waals surface area contributed by atoms with Crippen molar-refractivity contribution < 1.29 is 17.0 Å². The van der Waals surface area contributed by atoms with Crippen molar-refractivity contribution in [2.45, 2.75) is 13.5 Å². The molecule has 0 unspecified atom stereocenters. The largest absolute Gasteiger partial charge is 1.00 e. The zero-order valence-electron chi connectivity index (χ0n) is 7.55. The summed E-state index contributed by atoms with van der Waals surface area (Å²) in [5, 5.41) is 3.11. The van der Waals surface area contributed by atoms with Gasteiger partial charge in [-0.25, -0.2) is 4.57 Å². The van der Waals surface area contributed by atoms with Crippen LogP contribution in [-0.2, 0) is 6.54 Å². The van der Waals surface area contributed by atoms with E-state index in [0.29, 0.717) is 0 Å². The zero-order valence-corrected chi connectivity index (χ0v) is 8.30. The van der Waals surface area contributed by atoms with Crippen molar-refractivity contribution in [3.63, 3.8) is 0 Å². The van der Waals surface area contributed by atoms with Crippen molar-refractivity contribution in [2.24, 2.45) is 0 Å². The minimum Gasteiger partial charge on any atom is -1.00 e. The molecule has 0 aliphatic rings. The van der Waals surface area contributed by atoms with E-state index < -0.39 is 0 Å². The minimum absolute atomic E-state index is 0. The summed E-state index contributed by atoms with van der Waals surface area (Å²) in [6.07, 6.45) is 4.21. The van der Waals surface area contributed by atoms with Gasteiger partial charge in [0.05, 0.1) is 6.54 Å². The summed E-state index contributed by atoms with van der Waals surface area (Å²) in [6.45, 7) is 4.16. The second-order valence-electron chi connectivity index (χ2n) is 2.72. The molecule has 1 heterocycles. The first-order chi connectivity index (χ1) is 5.33. The molecule has 0 radical (unpaired) electrons. The summed E-state index contributed by atoms with van der Waals surface area (Å²) in [5.74, 6) is 0. The maximum Gasteiger partial charge on any atom is 0.169 e. The Labute approximate surface area is 80.0 Å². The Hall–Kier alpha value is -0.600. The number of rotatable bonds is 3. The van der Waals surface area contributed by atoms with Crippen LogP contribution in [0.5, 0.6) is 0 Å². The van der Waals surface area contributed by atoms with Gasteiger partial charge in [0.25, 0.3) is 0 Å². The molecule has 0 saturated heterocycles. The minimum atomic E-state index is 0. The molecule has 0 atom stereocenters. The highest BCUT2D eigenvalue weighted by atomic mass is 35.5.